The molecular weight excluding hydrogens is 725 g/mol. The van der Waals surface area contributed by atoms with Gasteiger partial charge in [-0.2, -0.15) is 0 Å². The SMILES string of the molecule is C(=C\c1ccc(N(c2ccccc2)c2ccc3cc(-c4ccccc4)ccc3c2)cc1)/c1ccc(N(c2ccccc2)c2ccc3cc(-c4ccccc4)ccc3c2)cc1. The number of benzene rings is 10. The Morgan fingerprint density at radius 1 is 0.217 bits per heavy atom. The van der Waals surface area contributed by atoms with Gasteiger partial charge in [0.15, 0.2) is 0 Å². The van der Waals surface area contributed by atoms with Gasteiger partial charge in [-0.3, -0.25) is 0 Å². The van der Waals surface area contributed by atoms with Crippen molar-refractivity contribution in [3.8, 4) is 22.3 Å². The molecule has 0 amide bonds. The Hall–Kier alpha value is -7.94. The van der Waals surface area contributed by atoms with E-state index in [1.165, 1.54) is 43.8 Å². The van der Waals surface area contributed by atoms with Crippen LogP contribution in [0, 0.1) is 0 Å². The molecule has 0 saturated carbocycles. The highest BCUT2D eigenvalue weighted by Gasteiger charge is 2.15. The summed E-state index contributed by atoms with van der Waals surface area (Å²) in [6.07, 6.45) is 4.38. The zero-order chi connectivity index (χ0) is 40.1. The Morgan fingerprint density at radius 3 is 0.900 bits per heavy atom. The van der Waals surface area contributed by atoms with Crippen molar-refractivity contribution in [1.29, 1.82) is 0 Å². The van der Waals surface area contributed by atoms with E-state index < -0.39 is 0 Å². The lowest BCUT2D eigenvalue weighted by molar-refractivity contribution is 1.29. The summed E-state index contributed by atoms with van der Waals surface area (Å²) in [5.41, 5.74) is 13.9. The molecule has 0 radical (unpaired) electrons. The molecule has 0 bridgehead atoms. The van der Waals surface area contributed by atoms with E-state index in [2.05, 4.69) is 265 Å². The van der Waals surface area contributed by atoms with E-state index in [1.807, 2.05) is 0 Å². The van der Waals surface area contributed by atoms with Crippen LogP contribution in [0.5, 0.6) is 0 Å². The number of hydrogen-bond donors (Lipinski definition) is 0. The van der Waals surface area contributed by atoms with Gasteiger partial charge >= 0.3 is 0 Å². The normalized spacial score (nSPS) is 11.3. The molecule has 0 aliphatic rings. The first kappa shape index (κ1) is 36.4. The maximum absolute atomic E-state index is 2.33. The van der Waals surface area contributed by atoms with E-state index in [9.17, 15) is 0 Å². The van der Waals surface area contributed by atoms with E-state index in [0.29, 0.717) is 0 Å². The van der Waals surface area contributed by atoms with Gasteiger partial charge in [-0.1, -0.05) is 170 Å². The number of rotatable bonds is 10. The van der Waals surface area contributed by atoms with Gasteiger partial charge in [0, 0.05) is 34.1 Å². The minimum Gasteiger partial charge on any atom is -0.310 e. The fraction of sp³-hybridized carbons (Fsp3) is 0. The Morgan fingerprint density at radius 2 is 0.517 bits per heavy atom. The fourth-order valence-corrected chi connectivity index (χ4v) is 8.07. The van der Waals surface area contributed by atoms with Crippen LogP contribution in [0.3, 0.4) is 0 Å². The van der Waals surface area contributed by atoms with Crippen LogP contribution in [-0.2, 0) is 0 Å². The van der Waals surface area contributed by atoms with Crippen LogP contribution in [0.1, 0.15) is 11.1 Å². The number of nitrogens with zero attached hydrogens (tertiary/aromatic N) is 2. The number of anilines is 6. The van der Waals surface area contributed by atoms with Crippen molar-refractivity contribution >= 4 is 67.8 Å². The second kappa shape index (κ2) is 16.5. The number of hydrogen-bond acceptors (Lipinski definition) is 2. The molecular formula is C58H42N2. The summed E-state index contributed by atoms with van der Waals surface area (Å²) in [5.74, 6) is 0. The molecule has 0 aliphatic heterocycles. The lowest BCUT2D eigenvalue weighted by Crippen LogP contribution is -2.09. The largest absolute Gasteiger partial charge is 0.310 e. The third-order valence-electron chi connectivity index (χ3n) is 11.2. The standard InChI is InChI=1S/C58H42N2/c1-5-13-45(14-6-1)47-27-29-51-41-57(37-31-49(51)39-47)59(53-17-9-3-10-18-53)55-33-23-43(24-34-55)21-22-44-25-35-56(36-26-44)60(54-19-11-4-12-20-54)58-38-32-50-40-48(28-30-52(50)42-58)46-15-7-2-8-16-46/h1-42H/b22-21+. The Labute approximate surface area is 352 Å². The second-order valence-electron chi connectivity index (χ2n) is 15.1. The van der Waals surface area contributed by atoms with Crippen LogP contribution in [-0.4, -0.2) is 0 Å². The quantitative estimate of drug-likeness (QED) is 0.128. The molecule has 0 N–H and O–H groups in total. The number of fused-ring (bicyclic) bond motifs is 2. The fourth-order valence-electron chi connectivity index (χ4n) is 8.07. The highest BCUT2D eigenvalue weighted by molar-refractivity contribution is 5.94. The summed E-state index contributed by atoms with van der Waals surface area (Å²) < 4.78 is 0. The molecule has 10 aromatic carbocycles. The molecule has 284 valence electrons. The van der Waals surface area contributed by atoms with Gasteiger partial charge in [-0.05, 0) is 140 Å². The molecule has 10 rings (SSSR count). The highest BCUT2D eigenvalue weighted by atomic mass is 15.1. The van der Waals surface area contributed by atoms with Crippen molar-refractivity contribution in [3.63, 3.8) is 0 Å². The topological polar surface area (TPSA) is 6.48 Å². The van der Waals surface area contributed by atoms with Gasteiger partial charge in [0.05, 0.1) is 0 Å². The van der Waals surface area contributed by atoms with Crippen LogP contribution < -0.4 is 9.80 Å². The summed E-state index contributed by atoms with van der Waals surface area (Å²) in [5, 5.41) is 4.86. The van der Waals surface area contributed by atoms with Crippen molar-refractivity contribution in [3.05, 3.63) is 254 Å². The van der Waals surface area contributed by atoms with Gasteiger partial charge in [0.2, 0.25) is 0 Å². The first-order chi connectivity index (χ1) is 29.7. The molecule has 0 spiro atoms. The predicted octanol–water partition coefficient (Wildman–Crippen LogP) is 16.4. The molecule has 0 aromatic heterocycles. The summed E-state index contributed by atoms with van der Waals surface area (Å²) in [6.45, 7) is 0. The number of para-hydroxylation sites is 2. The Kier molecular flexibility index (Phi) is 10.0. The average Bonchev–Trinajstić information content (AvgIpc) is 3.33. The minimum absolute atomic E-state index is 1.11. The Bertz CT molecular complexity index is 2840. The minimum atomic E-state index is 1.11. The summed E-state index contributed by atoms with van der Waals surface area (Å²) in [6, 6.07) is 86.9. The molecule has 2 nitrogen and oxygen atoms in total. The molecule has 10 aromatic rings. The van der Waals surface area contributed by atoms with Gasteiger partial charge in [0.25, 0.3) is 0 Å². The zero-order valence-electron chi connectivity index (χ0n) is 33.1. The average molecular weight is 767 g/mol. The maximum Gasteiger partial charge on any atom is 0.0468 e. The summed E-state index contributed by atoms with van der Waals surface area (Å²) in [7, 11) is 0. The highest BCUT2D eigenvalue weighted by Crippen LogP contribution is 2.39. The molecule has 2 heteroatoms. The third kappa shape index (κ3) is 7.70. The van der Waals surface area contributed by atoms with Crippen molar-refractivity contribution in [1.82, 2.24) is 0 Å². The molecule has 0 unspecified atom stereocenters. The second-order valence-corrected chi connectivity index (χ2v) is 15.1. The van der Waals surface area contributed by atoms with Crippen molar-refractivity contribution in [2.75, 3.05) is 9.80 Å². The summed E-state index contributed by atoms with van der Waals surface area (Å²) >= 11 is 0. The summed E-state index contributed by atoms with van der Waals surface area (Å²) in [4.78, 5) is 4.65. The monoisotopic (exact) mass is 766 g/mol. The third-order valence-corrected chi connectivity index (χ3v) is 11.2. The predicted molar refractivity (Wildman–Crippen MR) is 257 cm³/mol. The van der Waals surface area contributed by atoms with Crippen LogP contribution >= 0.6 is 0 Å². The van der Waals surface area contributed by atoms with E-state index in [4.69, 9.17) is 0 Å². The first-order valence-corrected chi connectivity index (χ1v) is 20.5. The molecule has 0 atom stereocenters. The van der Waals surface area contributed by atoms with E-state index >= 15 is 0 Å². The molecule has 0 fully saturated rings. The zero-order valence-corrected chi connectivity index (χ0v) is 33.1. The van der Waals surface area contributed by atoms with Gasteiger partial charge in [-0.25, -0.2) is 0 Å². The van der Waals surface area contributed by atoms with E-state index in [0.717, 1.165) is 45.3 Å². The van der Waals surface area contributed by atoms with Crippen LogP contribution in [0.4, 0.5) is 34.1 Å². The molecule has 0 heterocycles. The van der Waals surface area contributed by atoms with Crippen molar-refractivity contribution in [2.45, 2.75) is 0 Å². The van der Waals surface area contributed by atoms with Crippen LogP contribution in [0.2, 0.25) is 0 Å². The lowest BCUT2D eigenvalue weighted by atomic mass is 10.0. The molecule has 0 saturated heterocycles. The van der Waals surface area contributed by atoms with Gasteiger partial charge in [-0.15, -0.1) is 0 Å². The Balaban J connectivity index is 0.897. The van der Waals surface area contributed by atoms with E-state index in [-0.39, 0.29) is 0 Å². The molecule has 0 aliphatic carbocycles. The lowest BCUT2D eigenvalue weighted by Gasteiger charge is -2.26. The van der Waals surface area contributed by atoms with Crippen LogP contribution in [0.15, 0.2) is 243 Å². The maximum atomic E-state index is 2.33. The smallest absolute Gasteiger partial charge is 0.0468 e. The van der Waals surface area contributed by atoms with Crippen molar-refractivity contribution in [2.24, 2.45) is 0 Å². The first-order valence-electron chi connectivity index (χ1n) is 20.5. The van der Waals surface area contributed by atoms with Gasteiger partial charge < -0.3 is 9.80 Å². The van der Waals surface area contributed by atoms with Gasteiger partial charge in [0.1, 0.15) is 0 Å². The molecule has 60 heavy (non-hydrogen) atoms. The van der Waals surface area contributed by atoms with E-state index in [1.54, 1.807) is 0 Å². The van der Waals surface area contributed by atoms with Crippen LogP contribution in [0.25, 0.3) is 56.0 Å². The van der Waals surface area contributed by atoms with Crippen molar-refractivity contribution < 1.29 is 0 Å².